The fourth-order valence-corrected chi connectivity index (χ4v) is 4.31. The predicted octanol–water partition coefficient (Wildman–Crippen LogP) is 2.39. The van der Waals surface area contributed by atoms with Crippen molar-refractivity contribution in [3.63, 3.8) is 0 Å². The summed E-state index contributed by atoms with van der Waals surface area (Å²) in [7, 11) is 0. The van der Waals surface area contributed by atoms with Crippen LogP contribution in [0.3, 0.4) is 0 Å². The van der Waals surface area contributed by atoms with Gasteiger partial charge in [-0.05, 0) is 74.2 Å². The number of aromatic nitrogens is 1. The van der Waals surface area contributed by atoms with Crippen molar-refractivity contribution < 1.29 is 4.79 Å². The molecule has 3 saturated heterocycles. The molecule has 0 radical (unpaired) electrons. The molecule has 1 aromatic carbocycles. The fourth-order valence-electron chi connectivity index (χ4n) is 4.31. The fraction of sp³-hybridized carbons (Fsp3) is 0.381. The number of amides is 1. The van der Waals surface area contributed by atoms with Gasteiger partial charge in [0, 0.05) is 30.0 Å². The molecule has 26 heavy (non-hydrogen) atoms. The van der Waals surface area contributed by atoms with Crippen molar-refractivity contribution in [2.24, 2.45) is 5.92 Å². The molecule has 2 bridgehead atoms. The number of pyridine rings is 1. The lowest BCUT2D eigenvalue weighted by atomic mass is 9.76. The first kappa shape index (κ1) is 16.7. The summed E-state index contributed by atoms with van der Waals surface area (Å²) in [6.45, 7) is 2.22. The maximum absolute atomic E-state index is 12.8. The summed E-state index contributed by atoms with van der Waals surface area (Å²) < 4.78 is 0. The monoisotopic (exact) mass is 346 g/mol. The number of hydrogen-bond acceptors (Lipinski definition) is 4. The Balaban J connectivity index is 1.52. The maximum Gasteiger partial charge on any atom is 0.251 e. The molecule has 1 aromatic heterocycles. The number of carbonyl (C=O) groups is 1. The Kier molecular flexibility index (Phi) is 4.68. The molecule has 0 unspecified atom stereocenters. The number of piperidine rings is 3. The van der Waals surface area contributed by atoms with Gasteiger partial charge in [0.1, 0.15) is 0 Å². The van der Waals surface area contributed by atoms with Gasteiger partial charge in [-0.15, -0.1) is 0 Å². The van der Waals surface area contributed by atoms with E-state index in [9.17, 15) is 4.79 Å². The third-order valence-electron chi connectivity index (χ3n) is 5.71. The molecule has 5 heteroatoms. The first-order chi connectivity index (χ1) is 12.7. The number of benzene rings is 1. The molecule has 5 rings (SSSR count). The molecule has 3 aliphatic heterocycles. The maximum atomic E-state index is 12.8. The van der Waals surface area contributed by atoms with Gasteiger partial charge in [-0.3, -0.25) is 14.7 Å². The van der Waals surface area contributed by atoms with E-state index in [1.165, 1.54) is 5.56 Å². The van der Waals surface area contributed by atoms with Crippen LogP contribution in [-0.2, 0) is 6.42 Å². The molecular weight excluding hydrogens is 324 g/mol. The second kappa shape index (κ2) is 7.27. The Morgan fingerprint density at radius 2 is 2.00 bits per heavy atom. The third-order valence-corrected chi connectivity index (χ3v) is 5.71. The van der Waals surface area contributed by atoms with Crippen LogP contribution in [0.1, 0.15) is 34.3 Å². The smallest absolute Gasteiger partial charge is 0.251 e. The van der Waals surface area contributed by atoms with Gasteiger partial charge in [-0.25, -0.2) is 0 Å². The molecule has 4 heterocycles. The Morgan fingerprint density at radius 1 is 1.23 bits per heavy atom. The zero-order valence-corrected chi connectivity index (χ0v) is 14.6. The van der Waals surface area contributed by atoms with Crippen molar-refractivity contribution in [1.29, 1.82) is 5.26 Å². The minimum atomic E-state index is -0.0515. The van der Waals surface area contributed by atoms with Crippen molar-refractivity contribution in [3.8, 4) is 6.07 Å². The summed E-state index contributed by atoms with van der Waals surface area (Å²) in [4.78, 5) is 19.5. The number of nitrogens with one attached hydrogen (secondary N) is 1. The summed E-state index contributed by atoms with van der Waals surface area (Å²) >= 11 is 0. The molecule has 1 amide bonds. The van der Waals surface area contributed by atoms with Crippen LogP contribution in [0, 0.1) is 17.2 Å². The Hall–Kier alpha value is -2.71. The second-order valence-corrected chi connectivity index (χ2v) is 7.19. The zero-order chi connectivity index (χ0) is 17.9. The van der Waals surface area contributed by atoms with Gasteiger partial charge < -0.3 is 5.32 Å². The summed E-state index contributed by atoms with van der Waals surface area (Å²) in [5.74, 6) is 0.480. The minimum absolute atomic E-state index is 0.0515. The zero-order valence-electron chi connectivity index (χ0n) is 14.6. The van der Waals surface area contributed by atoms with Crippen LogP contribution in [0.15, 0.2) is 48.8 Å². The van der Waals surface area contributed by atoms with Crippen molar-refractivity contribution in [2.75, 3.05) is 13.1 Å². The molecule has 0 saturated carbocycles. The minimum Gasteiger partial charge on any atom is -0.347 e. The van der Waals surface area contributed by atoms with Crippen molar-refractivity contribution in [2.45, 2.75) is 31.3 Å². The van der Waals surface area contributed by atoms with Gasteiger partial charge in [0.25, 0.3) is 5.91 Å². The molecule has 132 valence electrons. The summed E-state index contributed by atoms with van der Waals surface area (Å²) in [5, 5.41) is 12.2. The van der Waals surface area contributed by atoms with E-state index < -0.39 is 0 Å². The molecule has 0 aliphatic carbocycles. The first-order valence-corrected chi connectivity index (χ1v) is 9.18. The first-order valence-electron chi connectivity index (χ1n) is 9.18. The molecule has 0 spiro atoms. The van der Waals surface area contributed by atoms with Gasteiger partial charge >= 0.3 is 0 Å². The Morgan fingerprint density at radius 3 is 2.65 bits per heavy atom. The largest absolute Gasteiger partial charge is 0.347 e. The average Bonchev–Trinajstić information content (AvgIpc) is 2.71. The summed E-state index contributed by atoms with van der Waals surface area (Å²) in [6.07, 6.45) is 6.90. The molecular formula is C21H22N4O. The highest BCUT2D eigenvalue weighted by molar-refractivity contribution is 5.94. The average molecular weight is 346 g/mol. The number of nitriles is 1. The van der Waals surface area contributed by atoms with E-state index in [4.69, 9.17) is 5.26 Å². The normalized spacial score (nSPS) is 26.9. The third kappa shape index (κ3) is 3.33. The van der Waals surface area contributed by atoms with Gasteiger partial charge in [0.05, 0.1) is 11.6 Å². The lowest BCUT2D eigenvalue weighted by Gasteiger charge is -2.51. The van der Waals surface area contributed by atoms with E-state index in [0.717, 1.165) is 32.4 Å². The quantitative estimate of drug-likeness (QED) is 0.923. The Labute approximate surface area is 153 Å². The van der Waals surface area contributed by atoms with Crippen LogP contribution in [-0.4, -0.2) is 41.0 Å². The lowest BCUT2D eigenvalue weighted by molar-refractivity contribution is 0.0136. The SMILES string of the molecule is N#Cc1ccc(C(=O)N[C@H]2C3CCN(CC3)[C@H]2Cc2cccnc2)cc1. The highest BCUT2D eigenvalue weighted by Gasteiger charge is 2.42. The van der Waals surface area contributed by atoms with Crippen LogP contribution in [0.4, 0.5) is 0 Å². The summed E-state index contributed by atoms with van der Waals surface area (Å²) in [6, 6.07) is 13.5. The predicted molar refractivity (Wildman–Crippen MR) is 98.4 cm³/mol. The van der Waals surface area contributed by atoms with Crippen molar-refractivity contribution in [1.82, 2.24) is 15.2 Å². The highest BCUT2D eigenvalue weighted by atomic mass is 16.1. The van der Waals surface area contributed by atoms with E-state index in [2.05, 4.69) is 27.3 Å². The van der Waals surface area contributed by atoms with E-state index in [-0.39, 0.29) is 11.9 Å². The Bertz CT molecular complexity index is 804. The molecule has 2 atom stereocenters. The van der Waals surface area contributed by atoms with Gasteiger partial charge in [-0.1, -0.05) is 6.07 Å². The number of nitrogens with zero attached hydrogens (tertiary/aromatic N) is 3. The number of fused-ring (bicyclic) bond motifs is 3. The molecule has 2 aromatic rings. The topological polar surface area (TPSA) is 69.0 Å². The van der Waals surface area contributed by atoms with Crippen molar-refractivity contribution >= 4 is 5.91 Å². The van der Waals surface area contributed by atoms with E-state index in [1.54, 1.807) is 30.5 Å². The molecule has 3 fully saturated rings. The lowest BCUT2D eigenvalue weighted by Crippen LogP contribution is -2.64. The molecule has 3 aliphatic rings. The molecule has 5 nitrogen and oxygen atoms in total. The summed E-state index contributed by atoms with van der Waals surface area (Å²) in [5.41, 5.74) is 2.39. The van der Waals surface area contributed by atoms with Gasteiger partial charge in [0.15, 0.2) is 0 Å². The van der Waals surface area contributed by atoms with Crippen LogP contribution in [0.2, 0.25) is 0 Å². The number of hydrogen-bond donors (Lipinski definition) is 1. The van der Waals surface area contributed by atoms with Gasteiger partial charge in [0.2, 0.25) is 0 Å². The van der Waals surface area contributed by atoms with E-state index >= 15 is 0 Å². The van der Waals surface area contributed by atoms with Crippen LogP contribution >= 0.6 is 0 Å². The van der Waals surface area contributed by atoms with Crippen molar-refractivity contribution in [3.05, 3.63) is 65.5 Å². The molecule has 1 N–H and O–H groups in total. The number of carbonyl (C=O) groups excluding carboxylic acids is 1. The highest BCUT2D eigenvalue weighted by Crippen LogP contribution is 2.34. The van der Waals surface area contributed by atoms with Crippen LogP contribution < -0.4 is 5.32 Å². The standard InChI is InChI=1S/C21H22N4O/c22-13-15-3-5-18(6-4-15)21(26)24-20-17-7-10-25(11-8-17)19(20)12-16-2-1-9-23-14-16/h1-6,9,14,17,19-20H,7-8,10-12H2,(H,24,26)/t19-,20-/m0/s1. The second-order valence-electron chi connectivity index (χ2n) is 7.19. The number of rotatable bonds is 4. The van der Waals surface area contributed by atoms with E-state index in [1.807, 2.05) is 12.3 Å². The van der Waals surface area contributed by atoms with Crippen LogP contribution in [0.5, 0.6) is 0 Å². The van der Waals surface area contributed by atoms with Crippen LogP contribution in [0.25, 0.3) is 0 Å². The van der Waals surface area contributed by atoms with Gasteiger partial charge in [-0.2, -0.15) is 5.26 Å². The van der Waals surface area contributed by atoms with E-state index in [0.29, 0.717) is 23.1 Å².